The lowest BCUT2D eigenvalue weighted by atomic mass is 10.0. The van der Waals surface area contributed by atoms with Crippen LogP contribution in [-0.2, 0) is 19.1 Å². The summed E-state index contributed by atoms with van der Waals surface area (Å²) in [6.07, 6.45) is -0.0551. The van der Waals surface area contributed by atoms with Gasteiger partial charge in [-0.05, 0) is 42.7 Å². The molecule has 6 nitrogen and oxygen atoms in total. The molecule has 0 aromatic heterocycles. The number of aryl methyl sites for hydroxylation is 2. The first kappa shape index (κ1) is 20.2. The van der Waals surface area contributed by atoms with Crippen LogP contribution >= 0.6 is 0 Å². The number of benzene rings is 2. The molecule has 0 aliphatic heterocycles. The predicted octanol–water partition coefficient (Wildman–Crippen LogP) is 3.05. The number of hydrogen-bond acceptors (Lipinski definition) is 4. The van der Waals surface area contributed by atoms with Gasteiger partial charge in [-0.15, -0.1) is 0 Å². The maximum absolute atomic E-state index is 12.1. The average molecular weight is 368 g/mol. The molecule has 2 aromatic rings. The highest BCUT2D eigenvalue weighted by atomic mass is 16.5. The summed E-state index contributed by atoms with van der Waals surface area (Å²) in [6, 6.07) is 14.3. The Morgan fingerprint density at radius 2 is 1.63 bits per heavy atom. The summed E-state index contributed by atoms with van der Waals surface area (Å²) in [4.78, 5) is 35.5. The van der Waals surface area contributed by atoms with Gasteiger partial charge in [0.15, 0.2) is 6.61 Å². The van der Waals surface area contributed by atoms with Crippen LogP contribution in [0.4, 0.5) is 5.69 Å². The Bertz CT molecular complexity index is 798. The van der Waals surface area contributed by atoms with Gasteiger partial charge >= 0.3 is 5.97 Å². The molecule has 0 aliphatic carbocycles. The highest BCUT2D eigenvalue weighted by Crippen LogP contribution is 2.17. The van der Waals surface area contributed by atoms with Crippen molar-refractivity contribution in [1.29, 1.82) is 0 Å². The van der Waals surface area contributed by atoms with Crippen LogP contribution in [0.15, 0.2) is 48.5 Å². The fraction of sp³-hybridized carbons (Fsp3) is 0.286. The zero-order valence-electron chi connectivity index (χ0n) is 15.7. The van der Waals surface area contributed by atoms with Crippen molar-refractivity contribution in [3.05, 3.63) is 65.2 Å². The SMILES string of the molecule is CC(=O)N[C@H](CC(=O)OCC(=O)Nc1cc(C)cc(C)c1)c1ccccc1. The van der Waals surface area contributed by atoms with E-state index in [1.54, 1.807) is 0 Å². The predicted molar refractivity (Wildman–Crippen MR) is 103 cm³/mol. The standard InChI is InChI=1S/C21H24N2O4/c1-14-9-15(2)11-18(10-14)23-20(25)13-27-21(26)12-19(22-16(3)24)17-7-5-4-6-8-17/h4-11,19H,12-13H2,1-3H3,(H,22,24)(H,23,25)/t19-/m1/s1. The first-order valence-electron chi connectivity index (χ1n) is 8.69. The highest BCUT2D eigenvalue weighted by Gasteiger charge is 2.18. The molecule has 0 saturated carbocycles. The van der Waals surface area contributed by atoms with Crippen LogP contribution in [0.1, 0.15) is 36.1 Å². The van der Waals surface area contributed by atoms with E-state index in [1.165, 1.54) is 6.92 Å². The molecule has 2 aromatic carbocycles. The molecule has 27 heavy (non-hydrogen) atoms. The molecule has 2 amide bonds. The molecule has 1 atom stereocenters. The molecule has 6 heteroatoms. The van der Waals surface area contributed by atoms with E-state index in [2.05, 4.69) is 10.6 Å². The topological polar surface area (TPSA) is 84.5 Å². The van der Waals surface area contributed by atoms with E-state index in [1.807, 2.05) is 62.4 Å². The molecule has 2 rings (SSSR count). The Kier molecular flexibility index (Phi) is 7.11. The van der Waals surface area contributed by atoms with Crippen molar-refractivity contribution in [2.24, 2.45) is 0 Å². The van der Waals surface area contributed by atoms with Gasteiger partial charge in [-0.2, -0.15) is 0 Å². The van der Waals surface area contributed by atoms with Crippen molar-refractivity contribution < 1.29 is 19.1 Å². The number of carbonyl (C=O) groups is 3. The van der Waals surface area contributed by atoms with Crippen molar-refractivity contribution in [1.82, 2.24) is 5.32 Å². The number of ether oxygens (including phenoxy) is 1. The maximum atomic E-state index is 12.1. The van der Waals surface area contributed by atoms with Crippen molar-refractivity contribution in [2.75, 3.05) is 11.9 Å². The van der Waals surface area contributed by atoms with Crippen molar-refractivity contribution >= 4 is 23.5 Å². The quantitative estimate of drug-likeness (QED) is 0.736. The molecule has 0 unspecified atom stereocenters. The van der Waals surface area contributed by atoms with E-state index in [0.29, 0.717) is 5.69 Å². The minimum absolute atomic E-state index is 0.0551. The Morgan fingerprint density at radius 1 is 1.00 bits per heavy atom. The molecule has 0 saturated heterocycles. The minimum atomic E-state index is -0.562. The van der Waals surface area contributed by atoms with Crippen molar-refractivity contribution in [3.8, 4) is 0 Å². The van der Waals surface area contributed by atoms with Gasteiger partial charge in [0.1, 0.15) is 0 Å². The van der Waals surface area contributed by atoms with Crippen LogP contribution in [-0.4, -0.2) is 24.4 Å². The first-order chi connectivity index (χ1) is 12.8. The van der Waals surface area contributed by atoms with Crippen LogP contribution in [0, 0.1) is 13.8 Å². The lowest BCUT2D eigenvalue weighted by molar-refractivity contribution is -0.148. The van der Waals surface area contributed by atoms with E-state index >= 15 is 0 Å². The van der Waals surface area contributed by atoms with E-state index in [-0.39, 0.29) is 18.9 Å². The number of hydrogen-bond donors (Lipinski definition) is 2. The van der Waals surface area contributed by atoms with Crippen LogP contribution in [0.2, 0.25) is 0 Å². The van der Waals surface area contributed by atoms with Gasteiger partial charge < -0.3 is 15.4 Å². The van der Waals surface area contributed by atoms with Crippen molar-refractivity contribution in [2.45, 2.75) is 33.2 Å². The third-order valence-corrected chi connectivity index (χ3v) is 3.82. The van der Waals surface area contributed by atoms with Gasteiger partial charge in [-0.3, -0.25) is 14.4 Å². The maximum Gasteiger partial charge on any atom is 0.308 e. The van der Waals surface area contributed by atoms with Gasteiger partial charge in [-0.1, -0.05) is 36.4 Å². The largest absolute Gasteiger partial charge is 0.455 e. The van der Waals surface area contributed by atoms with Crippen molar-refractivity contribution in [3.63, 3.8) is 0 Å². The molecule has 0 heterocycles. The molecule has 0 radical (unpaired) electrons. The summed E-state index contributed by atoms with van der Waals surface area (Å²) in [7, 11) is 0. The summed E-state index contributed by atoms with van der Waals surface area (Å²) in [5, 5.41) is 5.44. The molecule has 142 valence electrons. The molecular weight excluding hydrogens is 344 g/mol. The number of anilines is 1. The summed E-state index contributed by atoms with van der Waals surface area (Å²) >= 11 is 0. The fourth-order valence-corrected chi connectivity index (χ4v) is 2.80. The van der Waals surface area contributed by atoms with Gasteiger partial charge in [-0.25, -0.2) is 0 Å². The molecule has 0 aliphatic rings. The van der Waals surface area contributed by atoms with Crippen LogP contribution < -0.4 is 10.6 Å². The van der Waals surface area contributed by atoms with Gasteiger partial charge in [0.25, 0.3) is 5.91 Å². The van der Waals surface area contributed by atoms with Gasteiger partial charge in [0, 0.05) is 12.6 Å². The number of esters is 1. The molecule has 0 bridgehead atoms. The molecule has 0 spiro atoms. The highest BCUT2D eigenvalue weighted by molar-refractivity contribution is 5.93. The van der Waals surface area contributed by atoms with Crippen LogP contribution in [0.25, 0.3) is 0 Å². The smallest absolute Gasteiger partial charge is 0.308 e. The minimum Gasteiger partial charge on any atom is -0.455 e. The molecule has 0 fully saturated rings. The lowest BCUT2D eigenvalue weighted by Crippen LogP contribution is -2.29. The Morgan fingerprint density at radius 3 is 2.22 bits per heavy atom. The Balaban J connectivity index is 1.89. The third kappa shape index (κ3) is 6.93. The average Bonchev–Trinajstić information content (AvgIpc) is 2.59. The number of amides is 2. The monoisotopic (exact) mass is 368 g/mol. The first-order valence-corrected chi connectivity index (χ1v) is 8.69. The number of nitrogens with one attached hydrogen (secondary N) is 2. The molecule has 2 N–H and O–H groups in total. The number of rotatable bonds is 7. The zero-order chi connectivity index (χ0) is 19.8. The zero-order valence-corrected chi connectivity index (χ0v) is 15.7. The third-order valence-electron chi connectivity index (χ3n) is 3.82. The van der Waals surface area contributed by atoms with E-state index < -0.39 is 17.9 Å². The summed E-state index contributed by atoms with van der Waals surface area (Å²) < 4.78 is 5.07. The lowest BCUT2D eigenvalue weighted by Gasteiger charge is -2.17. The van der Waals surface area contributed by atoms with E-state index in [4.69, 9.17) is 4.74 Å². The normalized spacial score (nSPS) is 11.4. The van der Waals surface area contributed by atoms with E-state index in [9.17, 15) is 14.4 Å². The second-order valence-corrected chi connectivity index (χ2v) is 6.45. The van der Waals surface area contributed by atoms with E-state index in [0.717, 1.165) is 16.7 Å². The Hall–Kier alpha value is -3.15. The summed E-state index contributed by atoms with van der Waals surface area (Å²) in [6.45, 7) is 4.88. The summed E-state index contributed by atoms with van der Waals surface area (Å²) in [5.74, 6) is -1.22. The molecular formula is C21H24N2O4. The van der Waals surface area contributed by atoms with Crippen LogP contribution in [0.5, 0.6) is 0 Å². The fourth-order valence-electron chi connectivity index (χ4n) is 2.80. The van der Waals surface area contributed by atoms with Gasteiger partial charge in [0.05, 0.1) is 12.5 Å². The second kappa shape index (κ2) is 9.52. The number of carbonyl (C=O) groups excluding carboxylic acids is 3. The van der Waals surface area contributed by atoms with Crippen LogP contribution in [0.3, 0.4) is 0 Å². The Labute approximate surface area is 158 Å². The second-order valence-electron chi connectivity index (χ2n) is 6.45. The van der Waals surface area contributed by atoms with Gasteiger partial charge in [0.2, 0.25) is 5.91 Å². The summed E-state index contributed by atoms with van der Waals surface area (Å²) in [5.41, 5.74) is 3.52.